The largest absolute Gasteiger partial charge is 0.388 e. The Morgan fingerprint density at radius 1 is 1.36 bits per heavy atom. The van der Waals surface area contributed by atoms with Gasteiger partial charge in [0, 0.05) is 0 Å². The molecule has 0 aromatic rings. The molecule has 3 unspecified atom stereocenters. The molecule has 0 aliphatic carbocycles. The van der Waals surface area contributed by atoms with Crippen LogP contribution < -0.4 is 0 Å². The fourth-order valence-corrected chi connectivity index (χ4v) is 1.91. The Morgan fingerprint density at radius 2 is 2.09 bits per heavy atom. The van der Waals surface area contributed by atoms with Gasteiger partial charge in [-0.3, -0.25) is 0 Å². The molecule has 0 spiro atoms. The van der Waals surface area contributed by atoms with E-state index in [2.05, 4.69) is 0 Å². The van der Waals surface area contributed by atoms with E-state index in [1.54, 1.807) is 0 Å². The third-order valence-electron chi connectivity index (χ3n) is 2.44. The van der Waals surface area contributed by atoms with Crippen LogP contribution in [0.1, 0.15) is 12.8 Å². The Bertz CT molecular complexity index is 147. The van der Waals surface area contributed by atoms with Crippen LogP contribution in [0, 0.1) is 0 Å². The number of fused-ring (bicyclic) bond motifs is 2. The van der Waals surface area contributed by atoms with Gasteiger partial charge in [-0.15, -0.1) is 0 Å². The molecule has 2 aliphatic heterocycles. The zero-order chi connectivity index (χ0) is 7.84. The lowest BCUT2D eigenvalue weighted by atomic mass is 9.95. The van der Waals surface area contributed by atoms with Crippen LogP contribution in [0.3, 0.4) is 0 Å². The first-order valence-electron chi connectivity index (χ1n) is 3.89. The standard InChI is InChI=1S/C7H12O4/c8-3-10-7-5-2-1-4(11-5)6(7)9/h4-9H,1-3H2/t4?,5-,6?,7?/m0/s1. The van der Waals surface area contributed by atoms with Crippen LogP contribution in [0.25, 0.3) is 0 Å². The zero-order valence-corrected chi connectivity index (χ0v) is 6.14. The molecule has 11 heavy (non-hydrogen) atoms. The molecule has 4 heteroatoms. The van der Waals surface area contributed by atoms with Crippen LogP contribution in [0.2, 0.25) is 0 Å². The maximum Gasteiger partial charge on any atom is 0.144 e. The minimum Gasteiger partial charge on any atom is -0.388 e. The summed E-state index contributed by atoms with van der Waals surface area (Å²) in [5, 5.41) is 17.9. The highest BCUT2D eigenvalue weighted by Crippen LogP contribution is 2.36. The van der Waals surface area contributed by atoms with Crippen LogP contribution in [0.5, 0.6) is 0 Å². The highest BCUT2D eigenvalue weighted by Gasteiger charge is 2.48. The molecule has 2 bridgehead atoms. The van der Waals surface area contributed by atoms with E-state index in [1.807, 2.05) is 0 Å². The number of ether oxygens (including phenoxy) is 2. The second kappa shape index (κ2) is 2.71. The maximum atomic E-state index is 9.45. The summed E-state index contributed by atoms with van der Waals surface area (Å²) in [7, 11) is 0. The number of aliphatic hydroxyl groups excluding tert-OH is 2. The van der Waals surface area contributed by atoms with Crippen molar-refractivity contribution in [3.05, 3.63) is 0 Å². The highest BCUT2D eigenvalue weighted by molar-refractivity contribution is 4.97. The molecule has 2 aliphatic rings. The van der Waals surface area contributed by atoms with Crippen molar-refractivity contribution in [1.82, 2.24) is 0 Å². The van der Waals surface area contributed by atoms with E-state index in [0.717, 1.165) is 12.8 Å². The molecule has 0 saturated carbocycles. The van der Waals surface area contributed by atoms with E-state index in [0.29, 0.717) is 0 Å². The third kappa shape index (κ3) is 1.06. The molecule has 0 aromatic carbocycles. The number of rotatable bonds is 2. The summed E-state index contributed by atoms with van der Waals surface area (Å²) in [5.74, 6) is 0. The Kier molecular flexibility index (Phi) is 1.85. The number of hydrogen-bond acceptors (Lipinski definition) is 4. The Hall–Kier alpha value is -0.160. The van der Waals surface area contributed by atoms with Crippen molar-refractivity contribution in [1.29, 1.82) is 0 Å². The second-order valence-corrected chi connectivity index (χ2v) is 3.04. The van der Waals surface area contributed by atoms with E-state index in [1.165, 1.54) is 0 Å². The van der Waals surface area contributed by atoms with Gasteiger partial charge in [-0.25, -0.2) is 0 Å². The number of hydrogen-bond donors (Lipinski definition) is 2. The summed E-state index contributed by atoms with van der Waals surface area (Å²) >= 11 is 0. The summed E-state index contributed by atoms with van der Waals surface area (Å²) < 4.78 is 10.3. The van der Waals surface area contributed by atoms with Gasteiger partial charge in [-0.2, -0.15) is 0 Å². The molecule has 64 valence electrons. The fourth-order valence-electron chi connectivity index (χ4n) is 1.91. The first-order chi connectivity index (χ1) is 5.33. The number of aliphatic hydroxyl groups is 2. The van der Waals surface area contributed by atoms with Crippen molar-refractivity contribution < 1.29 is 19.7 Å². The van der Waals surface area contributed by atoms with Crippen LogP contribution in [0.4, 0.5) is 0 Å². The zero-order valence-electron chi connectivity index (χ0n) is 6.14. The third-order valence-corrected chi connectivity index (χ3v) is 2.44. The molecule has 0 amide bonds. The SMILES string of the molecule is OCOC1C(O)C2CC[C@@H]1O2. The Balaban J connectivity index is 2.00. The van der Waals surface area contributed by atoms with Crippen molar-refractivity contribution >= 4 is 0 Å². The molecular formula is C7H12O4. The van der Waals surface area contributed by atoms with Crippen LogP contribution in [-0.2, 0) is 9.47 Å². The summed E-state index contributed by atoms with van der Waals surface area (Å²) in [6.45, 7) is -0.339. The molecule has 2 heterocycles. The highest BCUT2D eigenvalue weighted by atomic mass is 16.6. The van der Waals surface area contributed by atoms with Crippen molar-refractivity contribution in [3.8, 4) is 0 Å². The smallest absolute Gasteiger partial charge is 0.144 e. The van der Waals surface area contributed by atoms with Crippen molar-refractivity contribution in [3.63, 3.8) is 0 Å². The quantitative estimate of drug-likeness (QED) is 0.521. The molecule has 4 atom stereocenters. The minimum absolute atomic E-state index is 0.00199. The summed E-state index contributed by atoms with van der Waals surface area (Å²) in [6, 6.07) is 0. The molecule has 0 aromatic heterocycles. The first kappa shape index (κ1) is 7.49. The average Bonchev–Trinajstić information content (AvgIpc) is 2.54. The van der Waals surface area contributed by atoms with E-state index < -0.39 is 6.10 Å². The van der Waals surface area contributed by atoms with E-state index in [4.69, 9.17) is 14.6 Å². The van der Waals surface area contributed by atoms with Crippen LogP contribution >= 0.6 is 0 Å². The van der Waals surface area contributed by atoms with Gasteiger partial charge >= 0.3 is 0 Å². The fraction of sp³-hybridized carbons (Fsp3) is 1.00. The van der Waals surface area contributed by atoms with Crippen LogP contribution in [-0.4, -0.2) is 41.4 Å². The molecule has 2 fully saturated rings. The van der Waals surface area contributed by atoms with Gasteiger partial charge in [0.1, 0.15) is 19.0 Å². The lowest BCUT2D eigenvalue weighted by Gasteiger charge is -2.22. The van der Waals surface area contributed by atoms with Crippen molar-refractivity contribution in [2.45, 2.75) is 37.3 Å². The minimum atomic E-state index is -0.541. The van der Waals surface area contributed by atoms with Gasteiger partial charge < -0.3 is 19.7 Å². The summed E-state index contributed by atoms with van der Waals surface area (Å²) in [5.41, 5.74) is 0. The van der Waals surface area contributed by atoms with Gasteiger partial charge in [0.2, 0.25) is 0 Å². The predicted molar refractivity (Wildman–Crippen MR) is 35.9 cm³/mol. The van der Waals surface area contributed by atoms with E-state index in [-0.39, 0.29) is 25.1 Å². The van der Waals surface area contributed by atoms with Gasteiger partial charge in [0.05, 0.1) is 12.2 Å². The van der Waals surface area contributed by atoms with Crippen molar-refractivity contribution in [2.75, 3.05) is 6.79 Å². The Labute approximate surface area is 64.7 Å². The first-order valence-corrected chi connectivity index (χ1v) is 3.89. The normalized spacial score (nSPS) is 48.5. The van der Waals surface area contributed by atoms with Gasteiger partial charge in [-0.1, -0.05) is 0 Å². The monoisotopic (exact) mass is 160 g/mol. The average molecular weight is 160 g/mol. The molecule has 4 nitrogen and oxygen atoms in total. The second-order valence-electron chi connectivity index (χ2n) is 3.04. The van der Waals surface area contributed by atoms with Gasteiger partial charge in [0.15, 0.2) is 0 Å². The molecule has 0 radical (unpaired) electrons. The summed E-state index contributed by atoms with van der Waals surface area (Å²) in [4.78, 5) is 0. The van der Waals surface area contributed by atoms with Gasteiger partial charge in [0.25, 0.3) is 0 Å². The van der Waals surface area contributed by atoms with Crippen LogP contribution in [0.15, 0.2) is 0 Å². The molecule has 2 saturated heterocycles. The van der Waals surface area contributed by atoms with Gasteiger partial charge in [-0.05, 0) is 12.8 Å². The lowest BCUT2D eigenvalue weighted by Crippen LogP contribution is -2.39. The Morgan fingerprint density at radius 3 is 2.64 bits per heavy atom. The lowest BCUT2D eigenvalue weighted by molar-refractivity contribution is -0.104. The molecular weight excluding hydrogens is 148 g/mol. The topological polar surface area (TPSA) is 58.9 Å². The maximum absolute atomic E-state index is 9.45. The predicted octanol–water partition coefficient (Wildman–Crippen LogP) is -0.757. The van der Waals surface area contributed by atoms with E-state index >= 15 is 0 Å². The van der Waals surface area contributed by atoms with Crippen molar-refractivity contribution in [2.24, 2.45) is 0 Å². The molecule has 2 rings (SSSR count). The summed E-state index contributed by atoms with van der Waals surface area (Å²) in [6.07, 6.45) is 0.946. The molecule has 2 N–H and O–H groups in total. The van der Waals surface area contributed by atoms with E-state index in [9.17, 15) is 5.11 Å².